The standard InChI is InChI=1S/C25H28N4O3/c1-5-17-9-11-18(12-10-17)22-20(24(31)25(32)29(22)15-14-27(3)4)23(30)21-16(2)26-19-8-6-7-13-28(19)21/h6-13,22,30H,5,14-15H2,1-4H3. The maximum absolute atomic E-state index is 13.2. The number of likely N-dealkylation sites (tertiary alicyclic amines) is 1. The van der Waals surface area contributed by atoms with Crippen LogP contribution in [0.1, 0.15) is 35.5 Å². The van der Waals surface area contributed by atoms with Crippen molar-refractivity contribution in [1.29, 1.82) is 0 Å². The van der Waals surface area contributed by atoms with Gasteiger partial charge in [-0.15, -0.1) is 0 Å². The van der Waals surface area contributed by atoms with Crippen LogP contribution in [0.5, 0.6) is 0 Å². The summed E-state index contributed by atoms with van der Waals surface area (Å²) >= 11 is 0. The molecule has 1 N–H and O–H groups in total. The molecule has 1 aliphatic heterocycles. The van der Waals surface area contributed by atoms with Gasteiger partial charge in [0.25, 0.3) is 11.7 Å². The molecule has 1 amide bonds. The molecular formula is C25H28N4O3. The van der Waals surface area contributed by atoms with Gasteiger partial charge in [-0.2, -0.15) is 0 Å². The van der Waals surface area contributed by atoms with Gasteiger partial charge in [-0.3, -0.25) is 14.0 Å². The highest BCUT2D eigenvalue weighted by atomic mass is 16.3. The highest BCUT2D eigenvalue weighted by Gasteiger charge is 2.46. The Hall–Kier alpha value is -3.45. The molecule has 2 aromatic heterocycles. The number of hydrogen-bond acceptors (Lipinski definition) is 5. The molecule has 1 atom stereocenters. The molecule has 3 heterocycles. The maximum Gasteiger partial charge on any atom is 0.295 e. The number of carbonyl (C=O) groups is 2. The molecule has 32 heavy (non-hydrogen) atoms. The largest absolute Gasteiger partial charge is 0.505 e. The molecule has 0 saturated carbocycles. The Labute approximate surface area is 187 Å². The van der Waals surface area contributed by atoms with Crippen LogP contribution in [-0.4, -0.2) is 63.2 Å². The molecule has 7 nitrogen and oxygen atoms in total. The summed E-state index contributed by atoms with van der Waals surface area (Å²) < 4.78 is 1.75. The molecule has 166 valence electrons. The number of benzene rings is 1. The van der Waals surface area contributed by atoms with Crippen molar-refractivity contribution in [1.82, 2.24) is 19.2 Å². The Morgan fingerprint density at radius 1 is 1.12 bits per heavy atom. The second kappa shape index (κ2) is 8.59. The minimum Gasteiger partial charge on any atom is -0.505 e. The van der Waals surface area contributed by atoms with Gasteiger partial charge in [0.2, 0.25) is 0 Å². The molecule has 0 spiro atoms. The second-order valence-corrected chi connectivity index (χ2v) is 8.37. The molecule has 1 unspecified atom stereocenters. The number of Topliss-reactive ketones (excluding diaryl/α,β-unsaturated/α-hetero) is 1. The van der Waals surface area contributed by atoms with Crippen molar-refractivity contribution in [2.45, 2.75) is 26.3 Å². The molecule has 0 bridgehead atoms. The van der Waals surface area contributed by atoms with Gasteiger partial charge in [0.05, 0.1) is 17.3 Å². The van der Waals surface area contributed by atoms with Crippen LogP contribution in [-0.2, 0) is 16.0 Å². The SMILES string of the molecule is CCc1ccc(C2C(=C(O)c3c(C)nc4ccccn34)C(=O)C(=O)N2CCN(C)C)cc1. The lowest BCUT2D eigenvalue weighted by molar-refractivity contribution is -0.140. The van der Waals surface area contributed by atoms with E-state index in [1.54, 1.807) is 22.4 Å². The summed E-state index contributed by atoms with van der Waals surface area (Å²) in [4.78, 5) is 34.3. The van der Waals surface area contributed by atoms with E-state index in [1.165, 1.54) is 0 Å². The molecule has 1 aliphatic rings. The van der Waals surface area contributed by atoms with E-state index in [-0.39, 0.29) is 11.3 Å². The number of aromatic nitrogens is 2. The molecule has 0 aliphatic carbocycles. The fraction of sp³-hybridized carbons (Fsp3) is 0.320. The van der Waals surface area contributed by atoms with E-state index in [9.17, 15) is 14.7 Å². The lowest BCUT2D eigenvalue weighted by Crippen LogP contribution is -2.35. The van der Waals surface area contributed by atoms with Crippen molar-refractivity contribution in [2.75, 3.05) is 27.2 Å². The summed E-state index contributed by atoms with van der Waals surface area (Å²) in [6.07, 6.45) is 2.68. The van der Waals surface area contributed by atoms with Gasteiger partial charge >= 0.3 is 0 Å². The van der Waals surface area contributed by atoms with Crippen LogP contribution >= 0.6 is 0 Å². The normalized spacial score (nSPS) is 18.3. The van der Waals surface area contributed by atoms with E-state index in [2.05, 4.69) is 11.9 Å². The van der Waals surface area contributed by atoms with E-state index in [0.717, 1.165) is 17.5 Å². The van der Waals surface area contributed by atoms with Crippen LogP contribution in [0.25, 0.3) is 11.4 Å². The summed E-state index contributed by atoms with van der Waals surface area (Å²) in [6.45, 7) is 4.84. The lowest BCUT2D eigenvalue weighted by Gasteiger charge is -2.26. The van der Waals surface area contributed by atoms with Crippen LogP contribution < -0.4 is 0 Å². The molecule has 0 radical (unpaired) electrons. The Bertz CT molecular complexity index is 1210. The third-order valence-corrected chi connectivity index (χ3v) is 5.96. The Morgan fingerprint density at radius 3 is 2.50 bits per heavy atom. The summed E-state index contributed by atoms with van der Waals surface area (Å²) in [6, 6.07) is 12.7. The average Bonchev–Trinajstić information content (AvgIpc) is 3.25. The Morgan fingerprint density at radius 2 is 1.84 bits per heavy atom. The third-order valence-electron chi connectivity index (χ3n) is 5.96. The first kappa shape index (κ1) is 21.8. The molecule has 1 fully saturated rings. The number of nitrogens with zero attached hydrogens (tertiary/aromatic N) is 4. The van der Waals surface area contributed by atoms with E-state index < -0.39 is 17.7 Å². The van der Waals surface area contributed by atoms with Crippen LogP contribution in [0.3, 0.4) is 0 Å². The summed E-state index contributed by atoms with van der Waals surface area (Å²) in [7, 11) is 3.84. The van der Waals surface area contributed by atoms with Crippen LogP contribution in [0, 0.1) is 6.92 Å². The Balaban J connectivity index is 1.91. The number of aliphatic hydroxyl groups excluding tert-OH is 1. The summed E-state index contributed by atoms with van der Waals surface area (Å²) in [5, 5.41) is 11.4. The first-order valence-corrected chi connectivity index (χ1v) is 10.8. The van der Waals surface area contributed by atoms with Gasteiger partial charge in [-0.05, 0) is 50.7 Å². The first-order valence-electron chi connectivity index (χ1n) is 10.8. The van der Waals surface area contributed by atoms with E-state index in [1.807, 2.05) is 61.5 Å². The molecular weight excluding hydrogens is 404 g/mol. The Kier molecular flexibility index (Phi) is 5.84. The van der Waals surface area contributed by atoms with E-state index >= 15 is 0 Å². The van der Waals surface area contributed by atoms with Crippen LogP contribution in [0.2, 0.25) is 0 Å². The topological polar surface area (TPSA) is 78.1 Å². The number of aliphatic hydroxyl groups is 1. The molecule has 7 heteroatoms. The fourth-order valence-electron chi connectivity index (χ4n) is 4.23. The zero-order chi connectivity index (χ0) is 23.0. The predicted molar refractivity (Wildman–Crippen MR) is 123 cm³/mol. The van der Waals surface area contributed by atoms with Gasteiger partial charge in [0, 0.05) is 19.3 Å². The van der Waals surface area contributed by atoms with Gasteiger partial charge in [-0.1, -0.05) is 37.3 Å². The number of ketones is 1. The summed E-state index contributed by atoms with van der Waals surface area (Å²) in [5.74, 6) is -1.46. The number of hydrogen-bond donors (Lipinski definition) is 1. The van der Waals surface area contributed by atoms with E-state index in [4.69, 9.17) is 0 Å². The van der Waals surface area contributed by atoms with Crippen molar-refractivity contribution in [3.05, 3.63) is 76.7 Å². The van der Waals surface area contributed by atoms with Crippen LogP contribution in [0.4, 0.5) is 0 Å². The van der Waals surface area contributed by atoms with Gasteiger partial charge < -0.3 is 14.9 Å². The van der Waals surface area contributed by atoms with Gasteiger partial charge in [0.1, 0.15) is 11.3 Å². The maximum atomic E-state index is 13.2. The number of likely N-dealkylation sites (N-methyl/N-ethyl adjacent to an activating group) is 1. The highest BCUT2D eigenvalue weighted by Crippen LogP contribution is 2.39. The quantitative estimate of drug-likeness (QED) is 0.368. The number of rotatable bonds is 6. The number of aryl methyl sites for hydroxylation is 2. The monoisotopic (exact) mass is 432 g/mol. The zero-order valence-electron chi connectivity index (χ0n) is 18.9. The second-order valence-electron chi connectivity index (χ2n) is 8.37. The van der Waals surface area contributed by atoms with Crippen molar-refractivity contribution in [3.63, 3.8) is 0 Å². The zero-order valence-corrected chi connectivity index (χ0v) is 18.9. The first-order chi connectivity index (χ1) is 15.3. The number of pyridine rings is 1. The van der Waals surface area contributed by atoms with Gasteiger partial charge in [0.15, 0.2) is 5.76 Å². The molecule has 4 rings (SSSR count). The van der Waals surface area contributed by atoms with Crippen LogP contribution in [0.15, 0.2) is 54.2 Å². The van der Waals surface area contributed by atoms with Crippen molar-refractivity contribution >= 4 is 23.1 Å². The van der Waals surface area contributed by atoms with E-state index in [0.29, 0.717) is 30.1 Å². The number of amides is 1. The third kappa shape index (κ3) is 3.69. The number of carbonyl (C=O) groups excluding carboxylic acids is 2. The minimum absolute atomic E-state index is 0.103. The fourth-order valence-corrected chi connectivity index (χ4v) is 4.23. The van der Waals surface area contributed by atoms with Crippen molar-refractivity contribution < 1.29 is 14.7 Å². The lowest BCUT2D eigenvalue weighted by atomic mass is 9.95. The van der Waals surface area contributed by atoms with Gasteiger partial charge in [-0.25, -0.2) is 4.98 Å². The number of imidazole rings is 1. The highest BCUT2D eigenvalue weighted by molar-refractivity contribution is 6.46. The average molecular weight is 433 g/mol. The molecule has 3 aromatic rings. The number of fused-ring (bicyclic) bond motifs is 1. The van der Waals surface area contributed by atoms with Crippen molar-refractivity contribution in [3.8, 4) is 0 Å². The minimum atomic E-state index is -0.670. The molecule has 1 aromatic carbocycles. The molecule has 1 saturated heterocycles. The summed E-state index contributed by atoms with van der Waals surface area (Å²) in [5.41, 5.74) is 3.75. The van der Waals surface area contributed by atoms with Crippen molar-refractivity contribution in [2.24, 2.45) is 0 Å². The predicted octanol–water partition coefficient (Wildman–Crippen LogP) is 3.19. The smallest absolute Gasteiger partial charge is 0.295 e.